The van der Waals surface area contributed by atoms with Crippen molar-refractivity contribution < 1.29 is 14.3 Å². The summed E-state index contributed by atoms with van der Waals surface area (Å²) in [5.74, 6) is 1.49. The first kappa shape index (κ1) is 19.8. The fraction of sp³-hybridized carbons (Fsp3) is 0.409. The molecular weight excluding hydrogens is 326 g/mol. The highest BCUT2D eigenvalue weighted by molar-refractivity contribution is 5.81. The second kappa shape index (κ2) is 9.27. The van der Waals surface area contributed by atoms with Gasteiger partial charge in [-0.15, -0.1) is 0 Å². The van der Waals surface area contributed by atoms with Gasteiger partial charge >= 0.3 is 0 Å². The number of methoxy groups -OCH3 is 1. The molecule has 2 rings (SSSR count). The third kappa shape index (κ3) is 4.78. The minimum absolute atomic E-state index is 0.0512. The van der Waals surface area contributed by atoms with Crippen LogP contribution in [0.3, 0.4) is 0 Å². The molecule has 0 saturated heterocycles. The standard InChI is InChI=1S/C22H29NO3/c1-6-19(17-11-13-18(25-5)14-12-17)23-22(24)20(7-2)26-21-10-8-9-15(3)16(21)4/h8-14,19-20H,6-7H2,1-5H3,(H,23,24). The summed E-state index contributed by atoms with van der Waals surface area (Å²) in [6.45, 7) is 8.08. The molecule has 2 aromatic carbocycles. The molecule has 26 heavy (non-hydrogen) atoms. The van der Waals surface area contributed by atoms with Crippen LogP contribution in [0.15, 0.2) is 42.5 Å². The second-order valence-electron chi connectivity index (χ2n) is 6.46. The number of amides is 1. The normalized spacial score (nSPS) is 13.0. The van der Waals surface area contributed by atoms with Crippen molar-refractivity contribution in [2.45, 2.75) is 52.7 Å². The van der Waals surface area contributed by atoms with Crippen LogP contribution in [-0.4, -0.2) is 19.1 Å². The van der Waals surface area contributed by atoms with Crippen molar-refractivity contribution in [2.75, 3.05) is 7.11 Å². The number of nitrogens with one attached hydrogen (secondary N) is 1. The van der Waals surface area contributed by atoms with Gasteiger partial charge in [0.15, 0.2) is 6.10 Å². The second-order valence-corrected chi connectivity index (χ2v) is 6.46. The highest BCUT2D eigenvalue weighted by Crippen LogP contribution is 2.24. The Balaban J connectivity index is 2.09. The van der Waals surface area contributed by atoms with Crippen molar-refractivity contribution in [1.29, 1.82) is 0 Å². The van der Waals surface area contributed by atoms with Gasteiger partial charge in [-0.3, -0.25) is 4.79 Å². The Morgan fingerprint density at radius 1 is 1.04 bits per heavy atom. The van der Waals surface area contributed by atoms with Crippen molar-refractivity contribution >= 4 is 5.91 Å². The number of benzene rings is 2. The van der Waals surface area contributed by atoms with Crippen LogP contribution in [0.25, 0.3) is 0 Å². The van der Waals surface area contributed by atoms with Crippen LogP contribution in [-0.2, 0) is 4.79 Å². The lowest BCUT2D eigenvalue weighted by Gasteiger charge is -2.23. The molecule has 0 aliphatic carbocycles. The number of rotatable bonds is 8. The van der Waals surface area contributed by atoms with E-state index in [1.165, 1.54) is 0 Å². The number of aryl methyl sites for hydroxylation is 1. The Morgan fingerprint density at radius 3 is 2.31 bits per heavy atom. The topological polar surface area (TPSA) is 47.6 Å². The molecule has 4 heteroatoms. The average molecular weight is 355 g/mol. The van der Waals surface area contributed by atoms with E-state index in [0.29, 0.717) is 6.42 Å². The summed E-state index contributed by atoms with van der Waals surface area (Å²) in [5, 5.41) is 3.12. The molecule has 0 fully saturated rings. The van der Waals surface area contributed by atoms with E-state index in [4.69, 9.17) is 9.47 Å². The zero-order valence-electron chi connectivity index (χ0n) is 16.3. The van der Waals surface area contributed by atoms with Gasteiger partial charge in [0.2, 0.25) is 0 Å². The Labute approximate surface area is 156 Å². The maximum absolute atomic E-state index is 12.8. The van der Waals surface area contributed by atoms with Crippen LogP contribution >= 0.6 is 0 Å². The lowest BCUT2D eigenvalue weighted by molar-refractivity contribution is -0.129. The third-order valence-corrected chi connectivity index (χ3v) is 4.73. The van der Waals surface area contributed by atoms with Crippen molar-refractivity contribution in [1.82, 2.24) is 5.32 Å². The summed E-state index contributed by atoms with van der Waals surface area (Å²) in [7, 11) is 1.64. The van der Waals surface area contributed by atoms with Crippen LogP contribution in [0.2, 0.25) is 0 Å². The van der Waals surface area contributed by atoms with Crippen molar-refractivity contribution in [3.63, 3.8) is 0 Å². The summed E-state index contributed by atoms with van der Waals surface area (Å²) in [6, 6.07) is 13.7. The van der Waals surface area contributed by atoms with Gasteiger partial charge in [-0.05, 0) is 61.6 Å². The maximum Gasteiger partial charge on any atom is 0.261 e. The molecule has 0 heterocycles. The van der Waals surface area contributed by atoms with E-state index >= 15 is 0 Å². The monoisotopic (exact) mass is 355 g/mol. The van der Waals surface area contributed by atoms with Gasteiger partial charge in [0.1, 0.15) is 11.5 Å². The molecule has 0 bridgehead atoms. The van der Waals surface area contributed by atoms with E-state index in [-0.39, 0.29) is 11.9 Å². The highest BCUT2D eigenvalue weighted by Gasteiger charge is 2.22. The molecule has 1 amide bonds. The zero-order chi connectivity index (χ0) is 19.1. The molecule has 140 valence electrons. The molecule has 1 N–H and O–H groups in total. The zero-order valence-corrected chi connectivity index (χ0v) is 16.3. The Hall–Kier alpha value is -2.49. The smallest absolute Gasteiger partial charge is 0.261 e. The van der Waals surface area contributed by atoms with Gasteiger partial charge < -0.3 is 14.8 Å². The quantitative estimate of drug-likeness (QED) is 0.744. The SMILES string of the molecule is CCC(Oc1cccc(C)c1C)C(=O)NC(CC)c1ccc(OC)cc1. The third-order valence-electron chi connectivity index (χ3n) is 4.73. The maximum atomic E-state index is 12.8. The predicted molar refractivity (Wildman–Crippen MR) is 105 cm³/mol. The Kier molecular flexibility index (Phi) is 7.07. The fourth-order valence-corrected chi connectivity index (χ4v) is 2.85. The van der Waals surface area contributed by atoms with E-state index in [9.17, 15) is 4.79 Å². The minimum atomic E-state index is -0.511. The van der Waals surface area contributed by atoms with Gasteiger partial charge in [-0.25, -0.2) is 0 Å². The van der Waals surface area contributed by atoms with Crippen molar-refractivity contribution in [2.24, 2.45) is 0 Å². The molecule has 4 nitrogen and oxygen atoms in total. The molecule has 2 unspecified atom stereocenters. The molecular formula is C22H29NO3. The van der Waals surface area contributed by atoms with E-state index < -0.39 is 6.10 Å². The van der Waals surface area contributed by atoms with Crippen LogP contribution in [0, 0.1) is 13.8 Å². The molecule has 0 aromatic heterocycles. The molecule has 0 spiro atoms. The van der Waals surface area contributed by atoms with E-state index in [2.05, 4.69) is 12.2 Å². The number of carbonyl (C=O) groups is 1. The summed E-state index contributed by atoms with van der Waals surface area (Å²) in [6.07, 6.45) is 0.902. The van der Waals surface area contributed by atoms with Crippen LogP contribution < -0.4 is 14.8 Å². The van der Waals surface area contributed by atoms with E-state index in [1.54, 1.807) is 7.11 Å². The number of carbonyl (C=O) groups excluding carboxylic acids is 1. The van der Waals surface area contributed by atoms with Gasteiger partial charge in [0.05, 0.1) is 13.2 Å². The summed E-state index contributed by atoms with van der Waals surface area (Å²) in [5.41, 5.74) is 3.28. The lowest BCUT2D eigenvalue weighted by atomic mass is 10.0. The predicted octanol–water partition coefficient (Wildman–Crippen LogP) is 4.74. The van der Waals surface area contributed by atoms with Crippen LogP contribution in [0.5, 0.6) is 11.5 Å². The summed E-state index contributed by atoms with van der Waals surface area (Å²) in [4.78, 5) is 12.8. The van der Waals surface area contributed by atoms with Crippen molar-refractivity contribution in [3.05, 3.63) is 59.2 Å². The van der Waals surface area contributed by atoms with Crippen LogP contribution in [0.1, 0.15) is 49.4 Å². The first-order chi connectivity index (χ1) is 12.5. The molecule has 0 saturated carbocycles. The lowest BCUT2D eigenvalue weighted by Crippen LogP contribution is -2.40. The van der Waals surface area contributed by atoms with E-state index in [1.807, 2.05) is 63.2 Å². The fourth-order valence-electron chi connectivity index (χ4n) is 2.85. The summed E-state index contributed by atoms with van der Waals surface area (Å²) < 4.78 is 11.2. The van der Waals surface area contributed by atoms with Gasteiger partial charge in [-0.2, -0.15) is 0 Å². The number of hydrogen-bond acceptors (Lipinski definition) is 3. The van der Waals surface area contributed by atoms with Gasteiger partial charge in [-0.1, -0.05) is 38.1 Å². The van der Waals surface area contributed by atoms with Gasteiger partial charge in [0.25, 0.3) is 5.91 Å². The molecule has 2 aromatic rings. The van der Waals surface area contributed by atoms with E-state index in [0.717, 1.165) is 34.6 Å². The average Bonchev–Trinajstić information content (AvgIpc) is 2.67. The Bertz CT molecular complexity index is 725. The first-order valence-corrected chi connectivity index (χ1v) is 9.17. The molecule has 2 atom stereocenters. The Morgan fingerprint density at radius 2 is 1.73 bits per heavy atom. The van der Waals surface area contributed by atoms with Crippen molar-refractivity contribution in [3.8, 4) is 11.5 Å². The molecule has 0 radical (unpaired) electrons. The van der Waals surface area contributed by atoms with Crippen LogP contribution in [0.4, 0.5) is 0 Å². The molecule has 0 aliphatic rings. The number of ether oxygens (including phenoxy) is 2. The minimum Gasteiger partial charge on any atom is -0.497 e. The summed E-state index contributed by atoms with van der Waals surface area (Å²) >= 11 is 0. The first-order valence-electron chi connectivity index (χ1n) is 9.17. The number of hydrogen-bond donors (Lipinski definition) is 1. The highest BCUT2D eigenvalue weighted by atomic mass is 16.5. The largest absolute Gasteiger partial charge is 0.497 e. The molecule has 0 aliphatic heterocycles. The van der Waals surface area contributed by atoms with Gasteiger partial charge in [0, 0.05) is 0 Å².